The summed E-state index contributed by atoms with van der Waals surface area (Å²) in [6.07, 6.45) is 0. The Morgan fingerprint density at radius 1 is 1.10 bits per heavy atom. The Hall–Kier alpha value is -2.60. The standard InChI is InChI=1S/C23H29ClN2O4/c1-13(2)12-26(22(28)17-8-10-18(24)11-9-17)16(5)21(27)19-14(3)20(23(29)30-7)25(6)15(19)4/h8-11,13,16H,12H2,1-7H3. The van der Waals surface area contributed by atoms with Crippen molar-refractivity contribution in [1.82, 2.24) is 9.47 Å². The quantitative estimate of drug-likeness (QED) is 0.478. The molecule has 0 bridgehead atoms. The summed E-state index contributed by atoms with van der Waals surface area (Å²) in [4.78, 5) is 40.5. The number of rotatable bonds is 7. The number of hydrogen-bond donors (Lipinski definition) is 0. The zero-order chi connectivity index (χ0) is 22.7. The molecular weight excluding hydrogens is 404 g/mol. The topological polar surface area (TPSA) is 68.6 Å². The van der Waals surface area contributed by atoms with Crippen molar-refractivity contribution >= 4 is 29.3 Å². The zero-order valence-corrected chi connectivity index (χ0v) is 19.3. The van der Waals surface area contributed by atoms with Gasteiger partial charge in [0.15, 0.2) is 5.78 Å². The van der Waals surface area contributed by atoms with Crippen LogP contribution in [0.5, 0.6) is 0 Å². The zero-order valence-electron chi connectivity index (χ0n) is 18.6. The molecule has 0 aliphatic rings. The van der Waals surface area contributed by atoms with Gasteiger partial charge < -0.3 is 14.2 Å². The largest absolute Gasteiger partial charge is 0.464 e. The van der Waals surface area contributed by atoms with E-state index in [0.717, 1.165) is 0 Å². The number of aromatic nitrogens is 1. The van der Waals surface area contributed by atoms with Crippen molar-refractivity contribution in [3.63, 3.8) is 0 Å². The lowest BCUT2D eigenvalue weighted by molar-refractivity contribution is 0.0587. The van der Waals surface area contributed by atoms with Crippen LogP contribution in [0.3, 0.4) is 0 Å². The molecule has 0 fully saturated rings. The Balaban J connectivity index is 2.47. The summed E-state index contributed by atoms with van der Waals surface area (Å²) in [5, 5.41) is 0.539. The Morgan fingerprint density at radius 2 is 1.67 bits per heavy atom. The second kappa shape index (κ2) is 9.47. The van der Waals surface area contributed by atoms with Crippen molar-refractivity contribution in [2.45, 2.75) is 40.7 Å². The molecule has 0 N–H and O–H groups in total. The van der Waals surface area contributed by atoms with Gasteiger partial charge >= 0.3 is 5.97 Å². The second-order valence-electron chi connectivity index (χ2n) is 7.88. The van der Waals surface area contributed by atoms with E-state index in [1.54, 1.807) is 61.6 Å². The lowest BCUT2D eigenvalue weighted by Crippen LogP contribution is -2.45. The van der Waals surface area contributed by atoms with Gasteiger partial charge in [-0.1, -0.05) is 25.4 Å². The van der Waals surface area contributed by atoms with Crippen LogP contribution in [0.15, 0.2) is 24.3 Å². The van der Waals surface area contributed by atoms with Crippen molar-refractivity contribution in [1.29, 1.82) is 0 Å². The van der Waals surface area contributed by atoms with Gasteiger partial charge in [-0.25, -0.2) is 4.79 Å². The molecule has 0 aliphatic carbocycles. The number of halogens is 1. The van der Waals surface area contributed by atoms with Crippen LogP contribution in [0.25, 0.3) is 0 Å². The summed E-state index contributed by atoms with van der Waals surface area (Å²) < 4.78 is 6.53. The van der Waals surface area contributed by atoms with E-state index in [-0.39, 0.29) is 17.6 Å². The highest BCUT2D eigenvalue weighted by Crippen LogP contribution is 2.25. The molecule has 1 heterocycles. The Bertz CT molecular complexity index is 961. The Kier molecular flexibility index (Phi) is 7.48. The number of ether oxygens (including phenoxy) is 1. The predicted octanol–water partition coefficient (Wildman–Crippen LogP) is 4.45. The molecule has 7 heteroatoms. The van der Waals surface area contributed by atoms with E-state index >= 15 is 0 Å². The van der Waals surface area contributed by atoms with Crippen LogP contribution in [0, 0.1) is 19.8 Å². The molecule has 1 aromatic heterocycles. The van der Waals surface area contributed by atoms with Crippen LogP contribution in [-0.2, 0) is 11.8 Å². The highest BCUT2D eigenvalue weighted by Gasteiger charge is 2.33. The number of hydrogen-bond acceptors (Lipinski definition) is 4. The molecule has 0 aliphatic heterocycles. The fourth-order valence-corrected chi connectivity index (χ4v) is 3.77. The summed E-state index contributed by atoms with van der Waals surface area (Å²) in [5.74, 6) is -0.777. The van der Waals surface area contributed by atoms with Gasteiger partial charge in [-0.3, -0.25) is 9.59 Å². The van der Waals surface area contributed by atoms with Gasteiger partial charge in [0.2, 0.25) is 0 Å². The molecule has 2 rings (SSSR count). The van der Waals surface area contributed by atoms with E-state index in [1.165, 1.54) is 7.11 Å². The molecule has 1 aromatic carbocycles. The summed E-state index contributed by atoms with van der Waals surface area (Å²) in [6.45, 7) is 9.65. The van der Waals surface area contributed by atoms with Crippen LogP contribution in [-0.4, -0.2) is 46.8 Å². The maximum Gasteiger partial charge on any atom is 0.354 e. The summed E-state index contributed by atoms with van der Waals surface area (Å²) in [7, 11) is 3.03. The monoisotopic (exact) mass is 432 g/mol. The maximum atomic E-state index is 13.5. The van der Waals surface area contributed by atoms with E-state index in [1.807, 2.05) is 13.8 Å². The number of ketones is 1. The van der Waals surface area contributed by atoms with Crippen molar-refractivity contribution in [2.75, 3.05) is 13.7 Å². The maximum absolute atomic E-state index is 13.5. The third-order valence-electron chi connectivity index (χ3n) is 5.32. The van der Waals surface area contributed by atoms with E-state index in [2.05, 4.69) is 0 Å². The SMILES string of the molecule is COC(=O)c1c(C)c(C(=O)C(C)N(CC(C)C)C(=O)c2ccc(Cl)cc2)c(C)n1C. The third kappa shape index (κ3) is 4.59. The number of carbonyl (C=O) groups is 3. The van der Waals surface area contributed by atoms with E-state index in [0.29, 0.717) is 39.6 Å². The first-order chi connectivity index (χ1) is 14.0. The van der Waals surface area contributed by atoms with Gasteiger partial charge in [-0.15, -0.1) is 0 Å². The fraction of sp³-hybridized carbons (Fsp3) is 0.435. The highest BCUT2D eigenvalue weighted by atomic mass is 35.5. The van der Waals surface area contributed by atoms with E-state index < -0.39 is 12.0 Å². The Labute approximate surface area is 182 Å². The van der Waals surface area contributed by atoms with E-state index in [4.69, 9.17) is 16.3 Å². The molecule has 0 saturated heterocycles. The first kappa shape index (κ1) is 23.7. The van der Waals surface area contributed by atoms with Crippen molar-refractivity contribution < 1.29 is 19.1 Å². The minimum atomic E-state index is -0.708. The van der Waals surface area contributed by atoms with Crippen LogP contribution >= 0.6 is 11.6 Å². The lowest BCUT2D eigenvalue weighted by atomic mass is 9.98. The van der Waals surface area contributed by atoms with Crippen LogP contribution < -0.4 is 0 Å². The molecule has 0 radical (unpaired) electrons. The predicted molar refractivity (Wildman–Crippen MR) is 117 cm³/mol. The van der Waals surface area contributed by atoms with Gasteiger partial charge in [0.1, 0.15) is 5.69 Å². The number of esters is 1. The molecule has 1 atom stereocenters. The minimum absolute atomic E-state index is 0.167. The normalized spacial score (nSPS) is 12.0. The molecular formula is C23H29ClN2O4. The van der Waals surface area contributed by atoms with Crippen LogP contribution in [0.2, 0.25) is 5.02 Å². The van der Waals surface area contributed by atoms with Gasteiger partial charge in [0, 0.05) is 35.4 Å². The first-order valence-electron chi connectivity index (χ1n) is 9.86. The summed E-state index contributed by atoms with van der Waals surface area (Å²) >= 11 is 5.94. The van der Waals surface area contributed by atoms with E-state index in [9.17, 15) is 14.4 Å². The number of Topliss-reactive ketones (excluding diaryl/α,β-unsaturated/α-hetero) is 1. The molecule has 1 amide bonds. The summed E-state index contributed by atoms with van der Waals surface area (Å²) in [5.41, 5.74) is 2.47. The number of nitrogens with zero attached hydrogens (tertiary/aromatic N) is 2. The Morgan fingerprint density at radius 3 is 2.17 bits per heavy atom. The van der Waals surface area contributed by atoms with Gasteiger partial charge in [0.25, 0.3) is 5.91 Å². The lowest BCUT2D eigenvalue weighted by Gasteiger charge is -2.30. The third-order valence-corrected chi connectivity index (χ3v) is 5.57. The van der Waals surface area contributed by atoms with Crippen LogP contribution in [0.1, 0.15) is 63.2 Å². The van der Waals surface area contributed by atoms with Crippen molar-refractivity contribution in [2.24, 2.45) is 13.0 Å². The number of carbonyl (C=O) groups excluding carboxylic acids is 3. The molecule has 0 spiro atoms. The van der Waals surface area contributed by atoms with Crippen LogP contribution in [0.4, 0.5) is 0 Å². The molecule has 1 unspecified atom stereocenters. The molecule has 6 nitrogen and oxygen atoms in total. The summed E-state index contributed by atoms with van der Waals surface area (Å²) in [6, 6.07) is 5.92. The number of amides is 1. The fourth-order valence-electron chi connectivity index (χ4n) is 3.65. The highest BCUT2D eigenvalue weighted by molar-refractivity contribution is 6.30. The second-order valence-corrected chi connectivity index (χ2v) is 8.32. The average Bonchev–Trinajstić information content (AvgIpc) is 2.93. The van der Waals surface area contributed by atoms with Gasteiger partial charge in [-0.05, 0) is 56.5 Å². The number of benzene rings is 1. The van der Waals surface area contributed by atoms with Gasteiger partial charge in [0.05, 0.1) is 13.2 Å². The smallest absolute Gasteiger partial charge is 0.354 e. The number of methoxy groups -OCH3 is 1. The van der Waals surface area contributed by atoms with Gasteiger partial charge in [-0.2, -0.15) is 0 Å². The van der Waals surface area contributed by atoms with Crippen molar-refractivity contribution in [3.05, 3.63) is 57.4 Å². The van der Waals surface area contributed by atoms with Crippen molar-refractivity contribution in [3.8, 4) is 0 Å². The molecule has 162 valence electrons. The molecule has 2 aromatic rings. The first-order valence-corrected chi connectivity index (χ1v) is 10.2. The average molecular weight is 433 g/mol. The minimum Gasteiger partial charge on any atom is -0.464 e. The molecule has 0 saturated carbocycles. The molecule has 30 heavy (non-hydrogen) atoms.